The van der Waals surface area contributed by atoms with Crippen LogP contribution in [0.25, 0.3) is 0 Å². The smallest absolute Gasteiger partial charge is 0.104 e. The van der Waals surface area contributed by atoms with Crippen LogP contribution >= 0.6 is 0 Å². The summed E-state index contributed by atoms with van der Waals surface area (Å²) in [6.07, 6.45) is 7.11. The van der Waals surface area contributed by atoms with Crippen LogP contribution in [0, 0.1) is 10.6 Å². The minimum Gasteiger partial charge on any atom is -0.633 e. The van der Waals surface area contributed by atoms with Crippen LogP contribution in [-0.4, -0.2) is 29.3 Å². The summed E-state index contributed by atoms with van der Waals surface area (Å²) >= 11 is 0. The summed E-state index contributed by atoms with van der Waals surface area (Å²) in [5.41, 5.74) is 3.20. The van der Waals surface area contributed by atoms with E-state index in [1.165, 1.54) is 36.9 Å². The molecule has 3 heteroatoms. The monoisotopic (exact) mass is 298 g/mol. The second-order valence-electron chi connectivity index (χ2n) is 8.26. The van der Waals surface area contributed by atoms with Crippen LogP contribution < -0.4 is 5.32 Å². The molecule has 0 spiro atoms. The molecule has 4 aliphatic rings. The maximum absolute atomic E-state index is 13.7. The van der Waals surface area contributed by atoms with Crippen molar-refractivity contribution in [2.24, 2.45) is 5.41 Å². The molecule has 2 saturated heterocycles. The van der Waals surface area contributed by atoms with Crippen LogP contribution in [0.3, 0.4) is 0 Å². The van der Waals surface area contributed by atoms with Gasteiger partial charge in [-0.1, -0.05) is 25.1 Å². The molecule has 1 saturated carbocycles. The van der Waals surface area contributed by atoms with Crippen molar-refractivity contribution < 1.29 is 4.65 Å². The number of nitrogens with zero attached hydrogens (tertiary/aromatic N) is 1. The lowest BCUT2D eigenvalue weighted by Crippen LogP contribution is -2.74. The topological polar surface area (TPSA) is 35.1 Å². The van der Waals surface area contributed by atoms with Gasteiger partial charge in [-0.05, 0) is 43.7 Å². The van der Waals surface area contributed by atoms with Crippen LogP contribution in [0.2, 0.25) is 0 Å². The van der Waals surface area contributed by atoms with Crippen LogP contribution in [0.1, 0.15) is 56.9 Å². The molecule has 1 aromatic rings. The van der Waals surface area contributed by atoms with Crippen LogP contribution in [0.15, 0.2) is 24.3 Å². The van der Waals surface area contributed by atoms with Gasteiger partial charge in [0.05, 0.1) is 24.5 Å². The van der Waals surface area contributed by atoms with Crippen molar-refractivity contribution in [2.45, 2.75) is 62.9 Å². The van der Waals surface area contributed by atoms with Gasteiger partial charge < -0.3 is 15.2 Å². The first-order chi connectivity index (χ1) is 10.6. The SMILES string of the molecule is CC[C@]12CCC[N@@+]3([O-])CC[C@]4(CC1)Nc1ccccc1[C@@H]4[C@@H]23. The highest BCUT2D eigenvalue weighted by atomic mass is 16.5. The Labute approximate surface area is 132 Å². The van der Waals surface area contributed by atoms with Crippen molar-refractivity contribution in [3.63, 3.8) is 0 Å². The fourth-order valence-electron chi connectivity index (χ4n) is 6.62. The molecular weight excluding hydrogens is 272 g/mol. The predicted molar refractivity (Wildman–Crippen MR) is 88.5 cm³/mol. The molecule has 5 atom stereocenters. The first-order valence-electron chi connectivity index (χ1n) is 9.07. The maximum Gasteiger partial charge on any atom is 0.104 e. The lowest BCUT2D eigenvalue weighted by molar-refractivity contribution is -0.929. The summed E-state index contributed by atoms with van der Waals surface area (Å²) in [6, 6.07) is 9.07. The first-order valence-corrected chi connectivity index (χ1v) is 9.07. The molecule has 0 aromatic heterocycles. The number of para-hydroxylation sites is 1. The van der Waals surface area contributed by atoms with E-state index in [0.29, 0.717) is 5.92 Å². The van der Waals surface area contributed by atoms with E-state index in [0.717, 1.165) is 25.9 Å². The summed E-state index contributed by atoms with van der Waals surface area (Å²) in [5.74, 6) is 0.434. The molecule has 5 rings (SSSR count). The zero-order chi connectivity index (χ0) is 15.0. The number of fused-ring (bicyclic) bond motifs is 1. The first kappa shape index (κ1) is 13.4. The highest BCUT2D eigenvalue weighted by Gasteiger charge is 2.67. The van der Waals surface area contributed by atoms with Crippen LogP contribution in [0.5, 0.6) is 0 Å². The summed E-state index contributed by atoms with van der Waals surface area (Å²) in [5, 5.41) is 17.6. The number of hydroxylamine groups is 3. The number of quaternary nitrogens is 1. The molecule has 1 aliphatic carbocycles. The molecule has 3 nitrogen and oxygen atoms in total. The van der Waals surface area contributed by atoms with Gasteiger partial charge in [0.15, 0.2) is 0 Å². The van der Waals surface area contributed by atoms with Crippen molar-refractivity contribution in [3.05, 3.63) is 35.0 Å². The third-order valence-corrected chi connectivity index (χ3v) is 7.65. The summed E-state index contributed by atoms with van der Waals surface area (Å²) < 4.78 is 0.0935. The van der Waals surface area contributed by atoms with E-state index in [1.807, 2.05) is 0 Å². The number of nitrogens with one attached hydrogen (secondary N) is 1. The molecule has 1 N–H and O–H groups in total. The Morgan fingerprint density at radius 3 is 2.91 bits per heavy atom. The van der Waals surface area contributed by atoms with E-state index in [2.05, 4.69) is 36.5 Å². The van der Waals surface area contributed by atoms with Gasteiger partial charge in [-0.25, -0.2) is 0 Å². The summed E-state index contributed by atoms with van der Waals surface area (Å²) in [7, 11) is 0. The van der Waals surface area contributed by atoms with E-state index in [9.17, 15) is 5.21 Å². The van der Waals surface area contributed by atoms with E-state index in [4.69, 9.17) is 0 Å². The van der Waals surface area contributed by atoms with Crippen LogP contribution in [0.4, 0.5) is 5.69 Å². The number of hydrogen-bond donors (Lipinski definition) is 1. The normalized spacial score (nSPS) is 48.3. The van der Waals surface area contributed by atoms with Gasteiger partial charge in [0, 0.05) is 17.5 Å². The van der Waals surface area contributed by atoms with Gasteiger partial charge in [0.1, 0.15) is 6.04 Å². The van der Waals surface area contributed by atoms with Gasteiger partial charge in [-0.15, -0.1) is 0 Å². The second-order valence-corrected chi connectivity index (χ2v) is 8.26. The molecule has 1 aromatic carbocycles. The predicted octanol–water partition coefficient (Wildman–Crippen LogP) is 4.01. The van der Waals surface area contributed by atoms with Crippen molar-refractivity contribution in [1.29, 1.82) is 0 Å². The minimum absolute atomic E-state index is 0.0935. The minimum atomic E-state index is 0.0935. The fraction of sp³-hybridized carbons (Fsp3) is 0.684. The molecule has 2 bridgehead atoms. The van der Waals surface area contributed by atoms with Crippen molar-refractivity contribution >= 4 is 5.69 Å². The average Bonchev–Trinajstić information content (AvgIpc) is 2.89. The van der Waals surface area contributed by atoms with Gasteiger partial charge in [-0.3, -0.25) is 0 Å². The summed E-state index contributed by atoms with van der Waals surface area (Å²) in [6.45, 7) is 4.00. The van der Waals surface area contributed by atoms with E-state index >= 15 is 0 Å². The largest absolute Gasteiger partial charge is 0.633 e. The highest BCUT2D eigenvalue weighted by Crippen LogP contribution is 2.65. The van der Waals surface area contributed by atoms with Gasteiger partial charge >= 0.3 is 0 Å². The number of hydrogen-bond acceptors (Lipinski definition) is 2. The maximum atomic E-state index is 13.7. The third kappa shape index (κ3) is 1.40. The van der Waals surface area contributed by atoms with E-state index in [1.54, 1.807) is 0 Å². The molecule has 0 unspecified atom stereocenters. The highest BCUT2D eigenvalue weighted by molar-refractivity contribution is 5.63. The molecule has 3 heterocycles. The number of anilines is 1. The molecule has 22 heavy (non-hydrogen) atoms. The van der Waals surface area contributed by atoms with Gasteiger partial charge in [-0.2, -0.15) is 0 Å². The molecular formula is C19H26N2O. The Kier molecular flexibility index (Phi) is 2.47. The second kappa shape index (κ2) is 4.07. The zero-order valence-corrected chi connectivity index (χ0v) is 13.5. The lowest BCUT2D eigenvalue weighted by atomic mass is 9.51. The number of benzene rings is 1. The number of rotatable bonds is 1. The van der Waals surface area contributed by atoms with Crippen molar-refractivity contribution in [1.82, 2.24) is 0 Å². The molecule has 0 amide bonds. The molecule has 3 fully saturated rings. The molecule has 118 valence electrons. The standard InChI is InChI=1S/C19H26N2O/c1-2-18-8-5-12-21(22)13-11-19(10-9-18)16(17(18)21)14-6-3-4-7-15(14)20-19/h3-4,6-7,16-17,20H,2,5,8-13H2,1H3/t16-,17+,18+,19+,21-/m1/s1. The quantitative estimate of drug-likeness (QED) is 0.628. The zero-order valence-electron chi connectivity index (χ0n) is 13.5. The fourth-order valence-corrected chi connectivity index (χ4v) is 6.62. The summed E-state index contributed by atoms with van der Waals surface area (Å²) in [4.78, 5) is 0. The third-order valence-electron chi connectivity index (χ3n) is 7.65. The van der Waals surface area contributed by atoms with E-state index < -0.39 is 0 Å². The molecule has 3 aliphatic heterocycles. The number of piperidine rings is 2. The van der Waals surface area contributed by atoms with Crippen LogP contribution in [-0.2, 0) is 0 Å². The van der Waals surface area contributed by atoms with Crippen molar-refractivity contribution in [2.75, 3.05) is 18.4 Å². The van der Waals surface area contributed by atoms with Gasteiger partial charge in [0.25, 0.3) is 0 Å². The molecule has 0 radical (unpaired) electrons. The Bertz CT molecular complexity index is 632. The Balaban J connectivity index is 1.73. The van der Waals surface area contributed by atoms with E-state index in [-0.39, 0.29) is 21.6 Å². The Hall–Kier alpha value is -1.06. The van der Waals surface area contributed by atoms with Crippen molar-refractivity contribution in [3.8, 4) is 0 Å². The Morgan fingerprint density at radius 1 is 1.18 bits per heavy atom. The lowest BCUT2D eigenvalue weighted by Gasteiger charge is -2.69. The van der Waals surface area contributed by atoms with Gasteiger partial charge in [0.2, 0.25) is 0 Å². The Morgan fingerprint density at radius 2 is 2.05 bits per heavy atom. The average molecular weight is 298 g/mol.